The first-order valence-corrected chi connectivity index (χ1v) is 12.2. The molecule has 0 radical (unpaired) electrons. The fourth-order valence-corrected chi connectivity index (χ4v) is 4.73. The molecular weight excluding hydrogens is 490 g/mol. The van der Waals surface area contributed by atoms with Gasteiger partial charge in [0.2, 0.25) is 6.29 Å². The first kappa shape index (κ1) is 25.7. The number of ether oxygens (including phenoxy) is 3. The van der Waals surface area contributed by atoms with Gasteiger partial charge in [0.05, 0.1) is 12.2 Å². The fraction of sp³-hybridized carbons (Fsp3) is 0.194. The summed E-state index contributed by atoms with van der Waals surface area (Å²) in [6.07, 6.45) is -5.96. The molecule has 1 unspecified atom stereocenters. The van der Waals surface area contributed by atoms with Crippen LogP contribution in [0.25, 0.3) is 0 Å². The number of esters is 1. The van der Waals surface area contributed by atoms with Gasteiger partial charge in [-0.1, -0.05) is 109 Å². The molecule has 0 bridgehead atoms. The van der Waals surface area contributed by atoms with Gasteiger partial charge in [-0.05, 0) is 28.8 Å². The van der Waals surface area contributed by atoms with E-state index in [2.05, 4.69) is 0 Å². The van der Waals surface area contributed by atoms with Crippen LogP contribution in [0.2, 0.25) is 0 Å². The lowest BCUT2D eigenvalue weighted by Gasteiger charge is -2.37. The van der Waals surface area contributed by atoms with Crippen molar-refractivity contribution >= 4 is 5.97 Å². The zero-order valence-corrected chi connectivity index (χ0v) is 20.3. The molecule has 4 aromatic rings. The van der Waals surface area contributed by atoms with E-state index in [1.165, 1.54) is 12.1 Å². The molecule has 1 N–H and O–H groups in total. The Bertz CT molecular complexity index is 1240. The number of hydrogen-bond acceptors (Lipinski definition) is 5. The molecule has 3 atom stereocenters. The molecule has 1 aliphatic heterocycles. The van der Waals surface area contributed by atoms with E-state index in [9.17, 15) is 9.90 Å². The number of hydrogen-bond donors (Lipinski definition) is 1. The third-order valence-corrected chi connectivity index (χ3v) is 6.60. The van der Waals surface area contributed by atoms with Crippen molar-refractivity contribution in [2.75, 3.05) is 6.61 Å². The largest absolute Gasteiger partial charge is 0.449 e. The van der Waals surface area contributed by atoms with Gasteiger partial charge in [0.25, 0.3) is 0 Å². The minimum atomic E-state index is -3.84. The average molecular weight is 517 g/mol. The standard InChI is InChI=1S/C31H26F2O5/c32-31(33)27(38-28(34)22-13-5-1-6-14-22)26(37-29(31)35)21-36-30(23-15-7-2-8-16-23,24-17-9-3-10-18-24)25-19-11-4-12-20-25/h1-20,26-27,29,35H,21H2/t26-,27+,29?/m0/s1. The van der Waals surface area contributed by atoms with Crippen molar-refractivity contribution in [1.29, 1.82) is 0 Å². The molecule has 1 saturated heterocycles. The molecule has 1 heterocycles. The van der Waals surface area contributed by atoms with Gasteiger partial charge < -0.3 is 19.3 Å². The van der Waals surface area contributed by atoms with Gasteiger partial charge in [-0.2, -0.15) is 8.78 Å². The number of benzene rings is 4. The Morgan fingerprint density at radius 3 is 1.63 bits per heavy atom. The maximum absolute atomic E-state index is 15.0. The van der Waals surface area contributed by atoms with Gasteiger partial charge in [-0.15, -0.1) is 0 Å². The van der Waals surface area contributed by atoms with Crippen LogP contribution in [0.3, 0.4) is 0 Å². The van der Waals surface area contributed by atoms with Crippen LogP contribution in [0.5, 0.6) is 0 Å². The summed E-state index contributed by atoms with van der Waals surface area (Å²) in [6.45, 7) is -0.405. The van der Waals surface area contributed by atoms with E-state index in [-0.39, 0.29) is 5.56 Å². The number of aliphatic hydroxyl groups is 1. The van der Waals surface area contributed by atoms with Crippen LogP contribution >= 0.6 is 0 Å². The van der Waals surface area contributed by atoms with E-state index in [4.69, 9.17) is 14.2 Å². The molecule has 0 aliphatic carbocycles. The Balaban J connectivity index is 1.52. The van der Waals surface area contributed by atoms with Crippen molar-refractivity contribution in [3.63, 3.8) is 0 Å². The second kappa shape index (κ2) is 10.8. The van der Waals surface area contributed by atoms with Crippen molar-refractivity contribution in [3.8, 4) is 0 Å². The third kappa shape index (κ3) is 4.84. The lowest BCUT2D eigenvalue weighted by atomic mass is 9.80. The number of aliphatic hydroxyl groups excluding tert-OH is 1. The maximum Gasteiger partial charge on any atom is 0.338 e. The van der Waals surface area contributed by atoms with E-state index < -0.39 is 42.6 Å². The van der Waals surface area contributed by atoms with Crippen molar-refractivity contribution in [1.82, 2.24) is 0 Å². The first-order valence-electron chi connectivity index (χ1n) is 12.2. The SMILES string of the molecule is O=C(O[C@@H]1[C@H](COC(c2ccccc2)(c2ccccc2)c2ccccc2)OC(O)C1(F)F)c1ccccc1. The highest BCUT2D eigenvalue weighted by atomic mass is 19.3. The smallest absolute Gasteiger partial charge is 0.338 e. The molecule has 194 valence electrons. The predicted molar refractivity (Wildman–Crippen MR) is 137 cm³/mol. The van der Waals surface area contributed by atoms with Gasteiger partial charge in [-0.25, -0.2) is 4.79 Å². The number of halogens is 2. The van der Waals surface area contributed by atoms with E-state index in [1.807, 2.05) is 91.0 Å². The monoisotopic (exact) mass is 516 g/mol. The van der Waals surface area contributed by atoms with Crippen LogP contribution in [-0.4, -0.2) is 42.1 Å². The zero-order chi connectivity index (χ0) is 26.6. The van der Waals surface area contributed by atoms with Crippen LogP contribution in [-0.2, 0) is 19.8 Å². The average Bonchev–Trinajstić information content (AvgIpc) is 3.18. The summed E-state index contributed by atoms with van der Waals surface area (Å²) in [5.74, 6) is -4.79. The lowest BCUT2D eigenvalue weighted by Crippen LogP contribution is -2.45. The summed E-state index contributed by atoms with van der Waals surface area (Å²) in [4.78, 5) is 12.7. The number of rotatable bonds is 8. The fourth-order valence-electron chi connectivity index (χ4n) is 4.73. The summed E-state index contributed by atoms with van der Waals surface area (Å²) in [5, 5.41) is 10.0. The Morgan fingerprint density at radius 1 is 0.763 bits per heavy atom. The second-order valence-corrected chi connectivity index (χ2v) is 8.98. The molecule has 7 heteroatoms. The summed E-state index contributed by atoms with van der Waals surface area (Å²) in [6, 6.07) is 36.0. The second-order valence-electron chi connectivity index (χ2n) is 8.98. The molecule has 0 amide bonds. The van der Waals surface area contributed by atoms with Crippen molar-refractivity contribution < 1.29 is 32.9 Å². The van der Waals surface area contributed by atoms with Crippen LogP contribution in [0.1, 0.15) is 27.0 Å². The highest BCUT2D eigenvalue weighted by Gasteiger charge is 2.61. The normalized spacial score (nSPS) is 20.7. The Morgan fingerprint density at radius 2 is 1.18 bits per heavy atom. The third-order valence-electron chi connectivity index (χ3n) is 6.60. The highest BCUT2D eigenvalue weighted by molar-refractivity contribution is 5.89. The number of carbonyl (C=O) groups is 1. The Kier molecular flexibility index (Phi) is 7.33. The number of alkyl halides is 2. The maximum atomic E-state index is 15.0. The van der Waals surface area contributed by atoms with Crippen LogP contribution < -0.4 is 0 Å². The minimum Gasteiger partial charge on any atom is -0.449 e. The van der Waals surface area contributed by atoms with E-state index >= 15 is 8.78 Å². The van der Waals surface area contributed by atoms with Gasteiger partial charge >= 0.3 is 11.9 Å². The molecule has 5 nitrogen and oxygen atoms in total. The zero-order valence-electron chi connectivity index (χ0n) is 20.3. The molecule has 0 saturated carbocycles. The summed E-state index contributed by atoms with van der Waals surface area (Å²) < 4.78 is 47.0. The van der Waals surface area contributed by atoms with Gasteiger partial charge in [0, 0.05) is 0 Å². The topological polar surface area (TPSA) is 65.0 Å². The van der Waals surface area contributed by atoms with Crippen molar-refractivity contribution in [2.45, 2.75) is 30.0 Å². The Hall–Kier alpha value is -3.91. The number of carbonyl (C=O) groups excluding carboxylic acids is 1. The van der Waals surface area contributed by atoms with Crippen molar-refractivity contribution in [3.05, 3.63) is 144 Å². The molecule has 0 spiro atoms. The molecule has 1 fully saturated rings. The highest BCUT2D eigenvalue weighted by Crippen LogP contribution is 2.43. The van der Waals surface area contributed by atoms with E-state index in [0.29, 0.717) is 0 Å². The molecular formula is C31H26F2O5. The molecule has 1 aliphatic rings. The van der Waals surface area contributed by atoms with Gasteiger partial charge in [0.1, 0.15) is 11.7 Å². The minimum absolute atomic E-state index is 0.108. The molecule has 5 rings (SSSR count). The van der Waals surface area contributed by atoms with E-state index in [0.717, 1.165) is 16.7 Å². The summed E-state index contributed by atoms with van der Waals surface area (Å²) in [5.41, 5.74) is 1.20. The summed E-state index contributed by atoms with van der Waals surface area (Å²) in [7, 11) is 0. The van der Waals surface area contributed by atoms with Gasteiger partial charge in [0.15, 0.2) is 6.10 Å². The molecule has 0 aromatic heterocycles. The quantitative estimate of drug-likeness (QED) is 0.245. The Labute approximate surface area is 219 Å². The predicted octanol–water partition coefficient (Wildman–Crippen LogP) is 5.57. The van der Waals surface area contributed by atoms with Gasteiger partial charge in [-0.3, -0.25) is 0 Å². The first-order chi connectivity index (χ1) is 18.4. The van der Waals surface area contributed by atoms with Crippen LogP contribution in [0, 0.1) is 0 Å². The lowest BCUT2D eigenvalue weighted by molar-refractivity contribution is -0.200. The van der Waals surface area contributed by atoms with Crippen molar-refractivity contribution in [2.24, 2.45) is 0 Å². The summed E-state index contributed by atoms with van der Waals surface area (Å²) >= 11 is 0. The molecule has 4 aromatic carbocycles. The molecule has 38 heavy (non-hydrogen) atoms. The van der Waals surface area contributed by atoms with Crippen LogP contribution in [0.15, 0.2) is 121 Å². The van der Waals surface area contributed by atoms with Crippen LogP contribution in [0.4, 0.5) is 8.78 Å². The van der Waals surface area contributed by atoms with E-state index in [1.54, 1.807) is 18.2 Å².